The molecular formula is C17H26N2O. The Labute approximate surface area is 122 Å². The minimum absolute atomic E-state index is 0.401. The van der Waals surface area contributed by atoms with E-state index in [1.165, 1.54) is 62.9 Å². The first kappa shape index (κ1) is 13.9. The Morgan fingerprint density at radius 3 is 2.90 bits per heavy atom. The molecule has 1 fully saturated rings. The predicted molar refractivity (Wildman–Crippen MR) is 82.1 cm³/mol. The minimum atomic E-state index is 0.401. The van der Waals surface area contributed by atoms with E-state index in [4.69, 9.17) is 0 Å². The summed E-state index contributed by atoms with van der Waals surface area (Å²) in [5.74, 6) is 0.401. The van der Waals surface area contributed by atoms with Crippen LogP contribution in [0.3, 0.4) is 0 Å². The number of aromatic hydroxyl groups is 1. The lowest BCUT2D eigenvalue weighted by Gasteiger charge is -2.27. The van der Waals surface area contributed by atoms with Gasteiger partial charge >= 0.3 is 0 Å². The summed E-state index contributed by atoms with van der Waals surface area (Å²) in [6.07, 6.45) is 7.56. The van der Waals surface area contributed by atoms with Crippen LogP contribution < -0.4 is 5.32 Å². The fourth-order valence-electron chi connectivity index (χ4n) is 3.60. The quantitative estimate of drug-likeness (QED) is 0.811. The van der Waals surface area contributed by atoms with Crippen molar-refractivity contribution in [2.24, 2.45) is 0 Å². The number of rotatable bonds is 5. The smallest absolute Gasteiger partial charge is 0.115 e. The molecule has 0 saturated carbocycles. The molecule has 0 amide bonds. The summed E-state index contributed by atoms with van der Waals surface area (Å²) in [6, 6.07) is 6.34. The van der Waals surface area contributed by atoms with Crippen molar-refractivity contribution in [1.82, 2.24) is 10.2 Å². The fraction of sp³-hybridized carbons (Fsp3) is 0.647. The van der Waals surface area contributed by atoms with E-state index >= 15 is 0 Å². The van der Waals surface area contributed by atoms with Gasteiger partial charge in [0.2, 0.25) is 0 Å². The van der Waals surface area contributed by atoms with E-state index in [0.717, 1.165) is 13.0 Å². The lowest BCUT2D eigenvalue weighted by atomic mass is 9.87. The molecule has 1 aromatic carbocycles. The summed E-state index contributed by atoms with van der Waals surface area (Å²) in [5, 5.41) is 13.3. The van der Waals surface area contributed by atoms with Crippen molar-refractivity contribution in [2.45, 2.75) is 44.6 Å². The molecule has 1 aliphatic heterocycles. The van der Waals surface area contributed by atoms with Crippen molar-refractivity contribution in [3.8, 4) is 5.75 Å². The third kappa shape index (κ3) is 3.33. The Balaban J connectivity index is 1.48. The molecule has 3 nitrogen and oxygen atoms in total. The van der Waals surface area contributed by atoms with E-state index in [9.17, 15) is 5.11 Å². The van der Waals surface area contributed by atoms with Crippen LogP contribution in [-0.2, 0) is 6.42 Å². The molecule has 0 spiro atoms. The van der Waals surface area contributed by atoms with Gasteiger partial charge in [0.1, 0.15) is 5.75 Å². The van der Waals surface area contributed by atoms with E-state index in [2.05, 4.69) is 16.3 Å². The fourth-order valence-corrected chi connectivity index (χ4v) is 3.60. The van der Waals surface area contributed by atoms with Gasteiger partial charge in [-0.3, -0.25) is 0 Å². The molecule has 1 heterocycles. The second-order valence-electron chi connectivity index (χ2n) is 6.18. The highest BCUT2D eigenvalue weighted by Gasteiger charge is 2.20. The maximum Gasteiger partial charge on any atom is 0.115 e. The van der Waals surface area contributed by atoms with E-state index in [0.29, 0.717) is 11.8 Å². The average molecular weight is 274 g/mol. The molecule has 1 atom stereocenters. The molecule has 3 heteroatoms. The summed E-state index contributed by atoms with van der Waals surface area (Å²) < 4.78 is 0. The van der Waals surface area contributed by atoms with Gasteiger partial charge in [0.05, 0.1) is 0 Å². The number of hydrogen-bond acceptors (Lipinski definition) is 3. The van der Waals surface area contributed by atoms with Gasteiger partial charge in [-0.2, -0.15) is 0 Å². The van der Waals surface area contributed by atoms with Gasteiger partial charge in [0.25, 0.3) is 0 Å². The van der Waals surface area contributed by atoms with Crippen LogP contribution in [0, 0.1) is 0 Å². The standard InChI is InChI=1S/C17H26N2O/c20-15-7-8-16-14(13-15)5-3-6-17(16)18-9-4-12-19-10-1-2-11-19/h7-8,13,17-18,20H,1-6,9-12H2. The highest BCUT2D eigenvalue weighted by atomic mass is 16.3. The van der Waals surface area contributed by atoms with Crippen LogP contribution >= 0.6 is 0 Å². The number of phenols is 1. The Kier molecular flexibility index (Phi) is 4.58. The Bertz CT molecular complexity index is 441. The summed E-state index contributed by atoms with van der Waals surface area (Å²) in [6.45, 7) is 4.93. The molecule has 3 rings (SSSR count). The first-order valence-corrected chi connectivity index (χ1v) is 8.10. The summed E-state index contributed by atoms with van der Waals surface area (Å²) in [7, 11) is 0. The second-order valence-corrected chi connectivity index (χ2v) is 6.18. The first-order chi connectivity index (χ1) is 9.83. The summed E-state index contributed by atoms with van der Waals surface area (Å²) in [4.78, 5) is 2.58. The van der Waals surface area contributed by atoms with Crippen molar-refractivity contribution in [3.63, 3.8) is 0 Å². The van der Waals surface area contributed by atoms with E-state index in [-0.39, 0.29) is 0 Å². The lowest BCUT2D eigenvalue weighted by Crippen LogP contribution is -2.29. The van der Waals surface area contributed by atoms with Crippen molar-refractivity contribution >= 4 is 0 Å². The van der Waals surface area contributed by atoms with E-state index in [1.807, 2.05) is 12.1 Å². The van der Waals surface area contributed by atoms with Crippen LogP contribution in [0.4, 0.5) is 0 Å². The second kappa shape index (κ2) is 6.59. The highest BCUT2D eigenvalue weighted by molar-refractivity contribution is 5.38. The molecule has 0 radical (unpaired) electrons. The predicted octanol–water partition coefficient (Wildman–Crippen LogP) is 2.85. The van der Waals surface area contributed by atoms with Crippen LogP contribution in [-0.4, -0.2) is 36.2 Å². The molecule has 1 aromatic rings. The summed E-state index contributed by atoms with van der Waals surface area (Å²) in [5.41, 5.74) is 2.73. The number of fused-ring (bicyclic) bond motifs is 1. The number of hydrogen-bond donors (Lipinski definition) is 2. The summed E-state index contributed by atoms with van der Waals surface area (Å²) >= 11 is 0. The number of benzene rings is 1. The number of nitrogens with zero attached hydrogens (tertiary/aromatic N) is 1. The van der Waals surface area contributed by atoms with E-state index in [1.54, 1.807) is 0 Å². The SMILES string of the molecule is Oc1ccc2c(c1)CCCC2NCCCN1CCCC1. The monoisotopic (exact) mass is 274 g/mol. The van der Waals surface area contributed by atoms with Gasteiger partial charge in [-0.05, 0) is 88.0 Å². The van der Waals surface area contributed by atoms with Gasteiger partial charge in [0.15, 0.2) is 0 Å². The Morgan fingerprint density at radius 2 is 2.05 bits per heavy atom. The van der Waals surface area contributed by atoms with Crippen LogP contribution in [0.15, 0.2) is 18.2 Å². The third-order valence-electron chi connectivity index (χ3n) is 4.68. The molecule has 1 unspecified atom stereocenters. The van der Waals surface area contributed by atoms with Gasteiger partial charge < -0.3 is 15.3 Å². The topological polar surface area (TPSA) is 35.5 Å². The van der Waals surface area contributed by atoms with Gasteiger partial charge in [-0.25, -0.2) is 0 Å². The minimum Gasteiger partial charge on any atom is -0.508 e. The Hall–Kier alpha value is -1.06. The van der Waals surface area contributed by atoms with Gasteiger partial charge in [-0.1, -0.05) is 6.07 Å². The zero-order valence-corrected chi connectivity index (χ0v) is 12.3. The lowest BCUT2D eigenvalue weighted by molar-refractivity contribution is 0.325. The molecule has 1 aliphatic carbocycles. The third-order valence-corrected chi connectivity index (χ3v) is 4.68. The molecule has 0 aromatic heterocycles. The zero-order chi connectivity index (χ0) is 13.8. The maximum atomic E-state index is 9.58. The number of phenolic OH excluding ortho intramolecular Hbond substituents is 1. The van der Waals surface area contributed by atoms with Crippen LogP contribution in [0.1, 0.15) is 49.3 Å². The average Bonchev–Trinajstić information content (AvgIpc) is 2.96. The number of aryl methyl sites for hydroxylation is 1. The number of likely N-dealkylation sites (tertiary alicyclic amines) is 1. The molecule has 20 heavy (non-hydrogen) atoms. The van der Waals surface area contributed by atoms with E-state index < -0.39 is 0 Å². The zero-order valence-electron chi connectivity index (χ0n) is 12.3. The van der Waals surface area contributed by atoms with Crippen LogP contribution in [0.25, 0.3) is 0 Å². The largest absolute Gasteiger partial charge is 0.508 e. The van der Waals surface area contributed by atoms with Crippen molar-refractivity contribution < 1.29 is 5.11 Å². The molecule has 2 N–H and O–H groups in total. The van der Waals surface area contributed by atoms with Crippen molar-refractivity contribution in [1.29, 1.82) is 0 Å². The van der Waals surface area contributed by atoms with Crippen molar-refractivity contribution in [3.05, 3.63) is 29.3 Å². The molecule has 110 valence electrons. The van der Waals surface area contributed by atoms with Crippen molar-refractivity contribution in [2.75, 3.05) is 26.2 Å². The molecular weight excluding hydrogens is 248 g/mol. The maximum absolute atomic E-state index is 9.58. The molecule has 0 bridgehead atoms. The van der Waals surface area contributed by atoms with Crippen LogP contribution in [0.5, 0.6) is 5.75 Å². The highest BCUT2D eigenvalue weighted by Crippen LogP contribution is 2.31. The number of nitrogens with one attached hydrogen (secondary N) is 1. The van der Waals surface area contributed by atoms with Crippen LogP contribution in [0.2, 0.25) is 0 Å². The first-order valence-electron chi connectivity index (χ1n) is 8.10. The molecule has 1 saturated heterocycles. The normalized spacial score (nSPS) is 22.9. The van der Waals surface area contributed by atoms with Gasteiger partial charge in [-0.15, -0.1) is 0 Å². The Morgan fingerprint density at radius 1 is 1.20 bits per heavy atom. The molecule has 2 aliphatic rings. The van der Waals surface area contributed by atoms with Gasteiger partial charge in [0, 0.05) is 6.04 Å².